The zero-order valence-corrected chi connectivity index (χ0v) is 7.95. The number of hydrogen-bond acceptors (Lipinski definition) is 2. The van der Waals surface area contributed by atoms with Crippen LogP contribution in [0.4, 0.5) is 0 Å². The third kappa shape index (κ3) is 4.55. The Kier molecular flexibility index (Phi) is 6.59. The van der Waals surface area contributed by atoms with E-state index in [2.05, 4.69) is 13.8 Å². The van der Waals surface area contributed by atoms with Gasteiger partial charge in [-0.15, -0.1) is 0 Å². The molecule has 0 rings (SSSR count). The first-order chi connectivity index (χ1) is 4.85. The quantitative estimate of drug-likeness (QED) is 0.437. The molecule has 0 aliphatic heterocycles. The van der Waals surface area contributed by atoms with Crippen molar-refractivity contribution >= 4 is 15.5 Å². The highest BCUT2D eigenvalue weighted by Gasteiger charge is 2.08. The normalized spacial score (nSPS) is 9.90. The summed E-state index contributed by atoms with van der Waals surface area (Å²) < 4.78 is 4.98. The summed E-state index contributed by atoms with van der Waals surface area (Å²) in [6.07, 6.45) is 2.29. The van der Waals surface area contributed by atoms with E-state index in [9.17, 15) is 4.79 Å². The molecule has 0 fully saturated rings. The molecule has 0 bridgehead atoms. The second-order valence-electron chi connectivity index (χ2n) is 2.43. The Morgan fingerprint density at radius 3 is 2.10 bits per heavy atom. The lowest BCUT2D eigenvalue weighted by Gasteiger charge is -2.09. The molecule has 0 saturated carbocycles. The van der Waals surface area contributed by atoms with Crippen LogP contribution in [0.3, 0.4) is 0 Å². The van der Waals surface area contributed by atoms with E-state index in [1.165, 1.54) is 0 Å². The molecule has 0 saturated heterocycles. The van der Waals surface area contributed by atoms with Crippen molar-refractivity contribution in [2.75, 3.05) is 0 Å². The van der Waals surface area contributed by atoms with Crippen molar-refractivity contribution in [1.82, 2.24) is 0 Å². The van der Waals surface area contributed by atoms with Gasteiger partial charge in [0.15, 0.2) is 0 Å². The second-order valence-corrected chi connectivity index (χ2v) is 5.10. The average Bonchev–Trinajstić information content (AvgIpc) is 1.90. The van der Waals surface area contributed by atoms with Crippen LogP contribution in [0.2, 0.25) is 12.1 Å². The van der Waals surface area contributed by atoms with Crippen LogP contribution in [0.25, 0.3) is 0 Å². The summed E-state index contributed by atoms with van der Waals surface area (Å²) in [5, 5.41) is 0. The molecular formula is C7H16O2Si. The summed E-state index contributed by atoms with van der Waals surface area (Å²) in [6, 6.07) is 2.26. The summed E-state index contributed by atoms with van der Waals surface area (Å²) in [5.74, 6) is 0. The van der Waals surface area contributed by atoms with Gasteiger partial charge < -0.3 is 4.43 Å². The molecule has 0 unspecified atom stereocenters. The zero-order chi connectivity index (χ0) is 7.82. The predicted molar refractivity (Wildman–Crippen MR) is 44.5 cm³/mol. The van der Waals surface area contributed by atoms with E-state index < -0.39 is 9.04 Å². The van der Waals surface area contributed by atoms with Gasteiger partial charge in [-0.05, 0) is 12.1 Å². The maximum absolute atomic E-state index is 9.98. The van der Waals surface area contributed by atoms with E-state index in [0.717, 1.165) is 24.9 Å². The van der Waals surface area contributed by atoms with Crippen molar-refractivity contribution < 1.29 is 9.22 Å². The van der Waals surface area contributed by atoms with Crippen LogP contribution in [0, 0.1) is 0 Å². The van der Waals surface area contributed by atoms with Gasteiger partial charge in [0.25, 0.3) is 6.47 Å². The topological polar surface area (TPSA) is 26.3 Å². The molecule has 2 nitrogen and oxygen atoms in total. The van der Waals surface area contributed by atoms with Crippen LogP contribution in [0.5, 0.6) is 0 Å². The van der Waals surface area contributed by atoms with Gasteiger partial charge in [-0.2, -0.15) is 0 Å². The van der Waals surface area contributed by atoms with Gasteiger partial charge in [0.1, 0.15) is 0 Å². The molecule has 0 aliphatic rings. The van der Waals surface area contributed by atoms with Crippen LogP contribution in [0.1, 0.15) is 26.7 Å². The predicted octanol–water partition coefficient (Wildman–Crippen LogP) is 1.70. The van der Waals surface area contributed by atoms with E-state index in [1.54, 1.807) is 0 Å². The average molecular weight is 160 g/mol. The van der Waals surface area contributed by atoms with Gasteiger partial charge in [-0.1, -0.05) is 26.7 Å². The molecule has 3 heteroatoms. The molecular weight excluding hydrogens is 144 g/mol. The van der Waals surface area contributed by atoms with Crippen LogP contribution < -0.4 is 0 Å². The molecule has 0 atom stereocenters. The minimum Gasteiger partial charge on any atom is -0.524 e. The highest BCUT2D eigenvalue weighted by Crippen LogP contribution is 2.05. The van der Waals surface area contributed by atoms with Gasteiger partial charge in [0.05, 0.1) is 0 Å². The lowest BCUT2D eigenvalue weighted by Crippen LogP contribution is -2.15. The largest absolute Gasteiger partial charge is 0.524 e. The van der Waals surface area contributed by atoms with Crippen molar-refractivity contribution in [3.05, 3.63) is 0 Å². The van der Waals surface area contributed by atoms with Gasteiger partial charge in [-0.3, -0.25) is 4.79 Å². The molecule has 0 aromatic carbocycles. The monoisotopic (exact) mass is 160 g/mol. The van der Waals surface area contributed by atoms with Crippen LogP contribution in [-0.2, 0) is 9.22 Å². The Labute approximate surface area is 64.3 Å². The number of carbonyl (C=O) groups excluding carboxylic acids is 1. The molecule has 0 aliphatic carbocycles. The summed E-state index contributed by atoms with van der Waals surface area (Å²) in [5.41, 5.74) is 0. The first-order valence-electron chi connectivity index (χ1n) is 3.94. The highest BCUT2D eigenvalue weighted by molar-refractivity contribution is 6.53. The van der Waals surface area contributed by atoms with Crippen molar-refractivity contribution in [2.24, 2.45) is 0 Å². The minimum absolute atomic E-state index is 0.613. The molecule has 0 N–H and O–H groups in total. The molecule has 0 aromatic rings. The Hall–Kier alpha value is -0.313. The smallest absolute Gasteiger partial charge is 0.279 e. The Morgan fingerprint density at radius 2 is 1.80 bits per heavy atom. The second kappa shape index (κ2) is 6.80. The minimum atomic E-state index is -1.10. The SMILES string of the molecule is CCC[SiH](CCC)OC=O. The summed E-state index contributed by atoms with van der Waals surface area (Å²) in [4.78, 5) is 9.98. The lowest BCUT2D eigenvalue weighted by atomic mass is 10.6. The maximum atomic E-state index is 9.98. The molecule has 0 heterocycles. The van der Waals surface area contributed by atoms with E-state index >= 15 is 0 Å². The van der Waals surface area contributed by atoms with E-state index in [1.807, 2.05) is 0 Å². The van der Waals surface area contributed by atoms with Gasteiger partial charge in [0, 0.05) is 0 Å². The van der Waals surface area contributed by atoms with E-state index in [-0.39, 0.29) is 0 Å². The summed E-state index contributed by atoms with van der Waals surface area (Å²) in [6.45, 7) is 4.87. The first kappa shape index (κ1) is 9.69. The standard InChI is InChI=1S/C7H16O2Si/c1-3-5-10(6-4-2)9-7-8/h7,10H,3-6H2,1-2H3. The van der Waals surface area contributed by atoms with Crippen LogP contribution >= 0.6 is 0 Å². The maximum Gasteiger partial charge on any atom is 0.279 e. The molecule has 10 heavy (non-hydrogen) atoms. The third-order valence-electron chi connectivity index (χ3n) is 1.47. The number of carbonyl (C=O) groups is 1. The summed E-state index contributed by atoms with van der Waals surface area (Å²) in [7, 11) is -1.10. The molecule has 0 spiro atoms. The molecule has 0 radical (unpaired) electrons. The molecule has 60 valence electrons. The Morgan fingerprint density at radius 1 is 1.30 bits per heavy atom. The fourth-order valence-corrected chi connectivity index (χ4v) is 3.01. The highest BCUT2D eigenvalue weighted by atomic mass is 28.3. The molecule has 0 amide bonds. The van der Waals surface area contributed by atoms with Gasteiger partial charge >= 0.3 is 0 Å². The molecule has 0 aromatic heterocycles. The van der Waals surface area contributed by atoms with Gasteiger partial charge in [-0.25, -0.2) is 0 Å². The Bertz CT molecular complexity index is 79.7. The van der Waals surface area contributed by atoms with E-state index in [0.29, 0.717) is 6.47 Å². The number of rotatable bonds is 6. The number of hydrogen-bond donors (Lipinski definition) is 0. The van der Waals surface area contributed by atoms with Crippen molar-refractivity contribution in [2.45, 2.75) is 38.8 Å². The fraction of sp³-hybridized carbons (Fsp3) is 0.857. The first-order valence-corrected chi connectivity index (χ1v) is 6.04. The fourth-order valence-electron chi connectivity index (χ4n) is 1.00. The van der Waals surface area contributed by atoms with Crippen LogP contribution in [0.15, 0.2) is 0 Å². The third-order valence-corrected chi connectivity index (χ3v) is 4.41. The Balaban J connectivity index is 3.38. The zero-order valence-electron chi connectivity index (χ0n) is 6.80. The van der Waals surface area contributed by atoms with Crippen molar-refractivity contribution in [1.29, 1.82) is 0 Å². The van der Waals surface area contributed by atoms with Gasteiger partial charge in [0.2, 0.25) is 9.04 Å². The summed E-state index contributed by atoms with van der Waals surface area (Å²) >= 11 is 0. The van der Waals surface area contributed by atoms with Crippen molar-refractivity contribution in [3.63, 3.8) is 0 Å². The van der Waals surface area contributed by atoms with Crippen LogP contribution in [-0.4, -0.2) is 15.5 Å². The van der Waals surface area contributed by atoms with Crippen molar-refractivity contribution in [3.8, 4) is 0 Å². The lowest BCUT2D eigenvalue weighted by molar-refractivity contribution is -0.121. The van der Waals surface area contributed by atoms with E-state index in [4.69, 9.17) is 4.43 Å².